The summed E-state index contributed by atoms with van der Waals surface area (Å²) in [6, 6.07) is 15.8. The molecule has 0 saturated heterocycles. The molecular weight excluding hydrogens is 358 g/mol. The minimum Gasteiger partial charge on any atom is -0.385 e. The van der Waals surface area contributed by atoms with Crippen LogP contribution in [-0.2, 0) is 0 Å². The SMILES string of the molecule is CCCNc1ccccc1/C=C/C(=C(\N)NCN)c1ccccc1Cl.CN. The van der Waals surface area contributed by atoms with Gasteiger partial charge in [-0.15, -0.1) is 0 Å². The van der Waals surface area contributed by atoms with Gasteiger partial charge >= 0.3 is 0 Å². The number of anilines is 1. The van der Waals surface area contributed by atoms with Crippen LogP contribution >= 0.6 is 11.6 Å². The van der Waals surface area contributed by atoms with Crippen molar-refractivity contribution in [1.29, 1.82) is 0 Å². The summed E-state index contributed by atoms with van der Waals surface area (Å²) in [6.07, 6.45) is 5.06. The first-order valence-electron chi connectivity index (χ1n) is 8.94. The molecule has 2 aromatic carbocycles. The summed E-state index contributed by atoms with van der Waals surface area (Å²) < 4.78 is 0. The van der Waals surface area contributed by atoms with E-state index in [9.17, 15) is 0 Å². The Balaban J connectivity index is 0.00000176. The summed E-state index contributed by atoms with van der Waals surface area (Å²) in [5.74, 6) is 0.492. The van der Waals surface area contributed by atoms with Crippen molar-refractivity contribution < 1.29 is 0 Å². The van der Waals surface area contributed by atoms with E-state index in [1.165, 1.54) is 7.05 Å². The fraction of sp³-hybridized carbons (Fsp3) is 0.238. The van der Waals surface area contributed by atoms with Crippen LogP contribution in [0.5, 0.6) is 0 Å². The number of rotatable bonds is 8. The number of hydrogen-bond donors (Lipinski definition) is 5. The number of nitrogens with two attached hydrogens (primary N) is 3. The van der Waals surface area contributed by atoms with Crippen molar-refractivity contribution in [3.8, 4) is 0 Å². The van der Waals surface area contributed by atoms with Crippen LogP contribution in [0.3, 0.4) is 0 Å². The maximum Gasteiger partial charge on any atom is 0.105 e. The van der Waals surface area contributed by atoms with E-state index in [4.69, 9.17) is 23.1 Å². The fourth-order valence-corrected chi connectivity index (χ4v) is 2.68. The Hall–Kier alpha value is -2.47. The molecule has 0 aliphatic rings. The maximum atomic E-state index is 6.35. The van der Waals surface area contributed by atoms with E-state index >= 15 is 0 Å². The largest absolute Gasteiger partial charge is 0.385 e. The average molecular weight is 388 g/mol. The highest BCUT2D eigenvalue weighted by Gasteiger charge is 2.08. The highest BCUT2D eigenvalue weighted by atomic mass is 35.5. The Morgan fingerprint density at radius 3 is 2.41 bits per heavy atom. The van der Waals surface area contributed by atoms with Gasteiger partial charge in [0, 0.05) is 28.4 Å². The summed E-state index contributed by atoms with van der Waals surface area (Å²) in [6.45, 7) is 3.32. The number of allylic oxidation sites excluding steroid dienone is 2. The molecule has 2 rings (SSSR count). The van der Waals surface area contributed by atoms with Gasteiger partial charge in [-0.1, -0.05) is 67.1 Å². The van der Waals surface area contributed by atoms with Gasteiger partial charge in [0.2, 0.25) is 0 Å². The molecule has 0 radical (unpaired) electrons. The molecule has 27 heavy (non-hydrogen) atoms. The van der Waals surface area contributed by atoms with Gasteiger partial charge < -0.3 is 27.8 Å². The van der Waals surface area contributed by atoms with Crippen molar-refractivity contribution in [3.05, 3.63) is 76.6 Å². The first-order valence-corrected chi connectivity index (χ1v) is 9.32. The van der Waals surface area contributed by atoms with Crippen LogP contribution in [0.2, 0.25) is 5.02 Å². The summed E-state index contributed by atoms with van der Waals surface area (Å²) in [5.41, 5.74) is 20.1. The second-order valence-electron chi connectivity index (χ2n) is 5.54. The zero-order chi connectivity index (χ0) is 20.1. The Morgan fingerprint density at radius 2 is 1.74 bits per heavy atom. The first-order chi connectivity index (χ1) is 13.2. The zero-order valence-electron chi connectivity index (χ0n) is 16.0. The predicted molar refractivity (Wildman–Crippen MR) is 119 cm³/mol. The van der Waals surface area contributed by atoms with Gasteiger partial charge in [0.05, 0.1) is 6.67 Å². The van der Waals surface area contributed by atoms with E-state index in [1.54, 1.807) is 0 Å². The van der Waals surface area contributed by atoms with Crippen LogP contribution < -0.4 is 27.8 Å². The number of nitrogens with one attached hydrogen (secondary N) is 2. The predicted octanol–water partition coefficient (Wildman–Crippen LogP) is 3.58. The van der Waals surface area contributed by atoms with Crippen LogP contribution in [-0.4, -0.2) is 20.3 Å². The van der Waals surface area contributed by atoms with Crippen LogP contribution in [0.4, 0.5) is 5.69 Å². The minimum atomic E-state index is 0.252. The molecule has 0 aromatic heterocycles. The van der Waals surface area contributed by atoms with E-state index in [0.29, 0.717) is 10.8 Å². The molecule has 6 heteroatoms. The Bertz CT molecular complexity index is 756. The van der Waals surface area contributed by atoms with E-state index in [0.717, 1.165) is 35.4 Å². The van der Waals surface area contributed by atoms with Gasteiger partial charge in [0.25, 0.3) is 0 Å². The highest BCUT2D eigenvalue weighted by molar-refractivity contribution is 6.32. The Morgan fingerprint density at radius 1 is 1.07 bits per heavy atom. The third kappa shape index (κ3) is 6.98. The molecule has 0 fully saturated rings. The second kappa shape index (κ2) is 12.8. The Kier molecular flexibility index (Phi) is 10.7. The van der Waals surface area contributed by atoms with E-state index in [2.05, 4.69) is 35.4 Å². The molecule has 0 amide bonds. The first kappa shape index (κ1) is 22.6. The standard InChI is InChI=1S/C20H25ClN4.CH5N/c1-2-13-24-19-10-6-3-7-15(19)11-12-17(20(23)25-14-22)16-8-4-5-9-18(16)21;1-2/h3-12,24-25H,2,13-14,22-23H2,1H3;2H2,1H3/b12-11+,20-17-;. The Labute approximate surface area is 167 Å². The monoisotopic (exact) mass is 387 g/mol. The fourth-order valence-electron chi connectivity index (χ4n) is 2.45. The molecule has 0 aliphatic heterocycles. The van der Waals surface area contributed by atoms with Crippen molar-refractivity contribution in [2.24, 2.45) is 17.2 Å². The van der Waals surface area contributed by atoms with Crippen LogP contribution in [0.25, 0.3) is 11.6 Å². The molecule has 0 heterocycles. The third-order valence-corrected chi connectivity index (χ3v) is 4.03. The van der Waals surface area contributed by atoms with Gasteiger partial charge in [-0.3, -0.25) is 0 Å². The highest BCUT2D eigenvalue weighted by Crippen LogP contribution is 2.27. The molecule has 0 aliphatic carbocycles. The normalized spacial score (nSPS) is 11.4. The van der Waals surface area contributed by atoms with Crippen LogP contribution in [0.1, 0.15) is 24.5 Å². The van der Waals surface area contributed by atoms with Crippen molar-refractivity contribution in [3.63, 3.8) is 0 Å². The molecule has 8 N–H and O–H groups in total. The zero-order valence-corrected chi connectivity index (χ0v) is 16.8. The average Bonchev–Trinajstić information content (AvgIpc) is 2.70. The lowest BCUT2D eigenvalue weighted by atomic mass is 10.0. The lowest BCUT2D eigenvalue weighted by Gasteiger charge is -2.12. The molecule has 2 aromatic rings. The summed E-state index contributed by atoms with van der Waals surface area (Å²) >= 11 is 6.35. The van der Waals surface area contributed by atoms with E-state index < -0.39 is 0 Å². The lowest BCUT2D eigenvalue weighted by Crippen LogP contribution is -2.27. The van der Waals surface area contributed by atoms with Gasteiger partial charge in [-0.25, -0.2) is 0 Å². The van der Waals surface area contributed by atoms with E-state index in [-0.39, 0.29) is 6.67 Å². The van der Waals surface area contributed by atoms with Gasteiger partial charge in [-0.2, -0.15) is 0 Å². The second-order valence-corrected chi connectivity index (χ2v) is 5.94. The summed E-state index contributed by atoms with van der Waals surface area (Å²) in [4.78, 5) is 0. The van der Waals surface area contributed by atoms with Gasteiger partial charge in [0.1, 0.15) is 5.82 Å². The number of para-hydroxylation sites is 1. The van der Waals surface area contributed by atoms with Gasteiger partial charge in [0.15, 0.2) is 0 Å². The molecule has 146 valence electrons. The molecule has 0 atom stereocenters. The number of hydrogen-bond acceptors (Lipinski definition) is 5. The van der Waals surface area contributed by atoms with Crippen molar-refractivity contribution in [2.45, 2.75) is 13.3 Å². The van der Waals surface area contributed by atoms with E-state index in [1.807, 2.05) is 48.6 Å². The van der Waals surface area contributed by atoms with Crippen LogP contribution in [0.15, 0.2) is 60.4 Å². The van der Waals surface area contributed by atoms with Crippen molar-refractivity contribution in [2.75, 3.05) is 25.6 Å². The topological polar surface area (TPSA) is 102 Å². The molecule has 5 nitrogen and oxygen atoms in total. The molecule has 0 saturated carbocycles. The third-order valence-electron chi connectivity index (χ3n) is 3.70. The number of benzene rings is 2. The molecule has 0 bridgehead atoms. The van der Waals surface area contributed by atoms with Crippen LogP contribution in [0, 0.1) is 0 Å². The summed E-state index contributed by atoms with van der Waals surface area (Å²) in [5, 5.41) is 7.04. The molecular formula is C21H30ClN5. The molecule has 0 unspecified atom stereocenters. The summed E-state index contributed by atoms with van der Waals surface area (Å²) in [7, 11) is 1.50. The maximum absolute atomic E-state index is 6.35. The van der Waals surface area contributed by atoms with Crippen molar-refractivity contribution in [1.82, 2.24) is 5.32 Å². The minimum absolute atomic E-state index is 0.252. The lowest BCUT2D eigenvalue weighted by molar-refractivity contribution is 0.818. The van der Waals surface area contributed by atoms with Crippen molar-refractivity contribution >= 4 is 28.9 Å². The quantitative estimate of drug-likeness (QED) is 0.352. The van der Waals surface area contributed by atoms with Gasteiger partial charge in [-0.05, 0) is 31.2 Å². The smallest absolute Gasteiger partial charge is 0.105 e. The number of halogens is 1. The molecule has 0 spiro atoms.